The first-order valence-electron chi connectivity index (χ1n) is 7.63. The zero-order valence-electron chi connectivity index (χ0n) is 14.0. The van der Waals surface area contributed by atoms with E-state index in [1.165, 1.54) is 24.3 Å². The van der Waals surface area contributed by atoms with E-state index in [1.807, 2.05) is 30.3 Å². The average Bonchev–Trinajstić information content (AvgIpc) is 2.51. The molecule has 2 rings (SSSR count). The number of amides is 1. The van der Waals surface area contributed by atoms with Gasteiger partial charge in [0.15, 0.2) is 0 Å². The van der Waals surface area contributed by atoms with E-state index >= 15 is 0 Å². The predicted octanol–water partition coefficient (Wildman–Crippen LogP) is 2.69. The average molecular weight is 346 g/mol. The van der Waals surface area contributed by atoms with Crippen LogP contribution in [0.15, 0.2) is 59.5 Å². The van der Waals surface area contributed by atoms with Crippen LogP contribution in [0.5, 0.6) is 0 Å². The summed E-state index contributed by atoms with van der Waals surface area (Å²) < 4.78 is 27.0. The van der Waals surface area contributed by atoms with Crippen molar-refractivity contribution in [3.8, 4) is 0 Å². The molecule has 0 bridgehead atoms. The number of hydrogen-bond donors (Lipinski definition) is 2. The molecule has 0 aromatic heterocycles. The fourth-order valence-corrected chi connectivity index (χ4v) is 3.55. The van der Waals surface area contributed by atoms with Gasteiger partial charge in [0.25, 0.3) is 5.91 Å². The minimum Gasteiger partial charge on any atom is -0.348 e. The smallest absolute Gasteiger partial charge is 0.251 e. The highest BCUT2D eigenvalue weighted by Gasteiger charge is 2.22. The van der Waals surface area contributed by atoms with Gasteiger partial charge in [-0.3, -0.25) is 4.79 Å². The summed E-state index contributed by atoms with van der Waals surface area (Å²) in [5.74, 6) is -0.244. The van der Waals surface area contributed by atoms with Crippen molar-refractivity contribution < 1.29 is 13.2 Å². The minimum absolute atomic E-state index is 0.136. The number of carbonyl (C=O) groups excluding carboxylic acids is 1. The number of benzene rings is 2. The molecule has 2 aromatic rings. The molecule has 0 unspecified atom stereocenters. The van der Waals surface area contributed by atoms with Crippen LogP contribution in [0.4, 0.5) is 0 Å². The molecule has 0 saturated carbocycles. The zero-order chi connectivity index (χ0) is 17.8. The molecule has 0 radical (unpaired) electrons. The number of sulfonamides is 1. The van der Waals surface area contributed by atoms with Gasteiger partial charge in [-0.2, -0.15) is 0 Å². The van der Waals surface area contributed by atoms with Gasteiger partial charge in [-0.1, -0.05) is 30.3 Å². The number of carbonyl (C=O) groups is 1. The molecule has 24 heavy (non-hydrogen) atoms. The highest BCUT2D eigenvalue weighted by molar-refractivity contribution is 7.89. The summed E-state index contributed by atoms with van der Waals surface area (Å²) in [6.45, 7) is 5.74. The fourth-order valence-electron chi connectivity index (χ4n) is 2.13. The lowest BCUT2D eigenvalue weighted by Gasteiger charge is -2.20. The third-order valence-electron chi connectivity index (χ3n) is 3.16. The topological polar surface area (TPSA) is 75.3 Å². The Bertz CT molecular complexity index is 792. The van der Waals surface area contributed by atoms with Crippen LogP contribution in [0, 0.1) is 0 Å². The van der Waals surface area contributed by atoms with Gasteiger partial charge < -0.3 is 5.32 Å². The molecule has 0 spiro atoms. The van der Waals surface area contributed by atoms with Crippen LogP contribution >= 0.6 is 0 Å². The molecule has 2 aromatic carbocycles. The van der Waals surface area contributed by atoms with Crippen molar-refractivity contribution >= 4 is 15.9 Å². The summed E-state index contributed by atoms with van der Waals surface area (Å²) in [5, 5.41) is 2.81. The van der Waals surface area contributed by atoms with Crippen molar-refractivity contribution in [1.29, 1.82) is 0 Å². The minimum atomic E-state index is -3.60. The van der Waals surface area contributed by atoms with Gasteiger partial charge in [0.05, 0.1) is 4.90 Å². The normalized spacial score (nSPS) is 12.0. The Hall–Kier alpha value is -2.18. The molecule has 6 heteroatoms. The van der Waals surface area contributed by atoms with Crippen LogP contribution in [0.3, 0.4) is 0 Å². The lowest BCUT2D eigenvalue weighted by molar-refractivity contribution is 0.0951. The van der Waals surface area contributed by atoms with Gasteiger partial charge in [-0.15, -0.1) is 0 Å². The van der Waals surface area contributed by atoms with Gasteiger partial charge >= 0.3 is 0 Å². The Morgan fingerprint density at radius 3 is 2.08 bits per heavy atom. The van der Waals surface area contributed by atoms with Crippen LogP contribution in [0.25, 0.3) is 0 Å². The van der Waals surface area contributed by atoms with E-state index in [0.717, 1.165) is 5.56 Å². The highest BCUT2D eigenvalue weighted by Crippen LogP contribution is 2.14. The Balaban J connectivity index is 2.05. The second-order valence-electron chi connectivity index (χ2n) is 6.55. The summed E-state index contributed by atoms with van der Waals surface area (Å²) in [6, 6.07) is 15.5. The third-order valence-corrected chi connectivity index (χ3v) is 4.94. The van der Waals surface area contributed by atoms with Crippen LogP contribution < -0.4 is 10.0 Å². The third kappa shape index (κ3) is 5.18. The van der Waals surface area contributed by atoms with E-state index in [1.54, 1.807) is 20.8 Å². The molecule has 0 heterocycles. The summed E-state index contributed by atoms with van der Waals surface area (Å²) in [4.78, 5) is 12.3. The van der Waals surface area contributed by atoms with Gasteiger partial charge in [0, 0.05) is 17.6 Å². The van der Waals surface area contributed by atoms with E-state index in [0.29, 0.717) is 12.1 Å². The SMILES string of the molecule is CC(C)(C)NS(=O)(=O)c1ccc(C(=O)NCc2ccccc2)cc1. The Morgan fingerprint density at radius 1 is 0.958 bits per heavy atom. The van der Waals surface area contributed by atoms with Crippen molar-refractivity contribution in [3.05, 3.63) is 65.7 Å². The van der Waals surface area contributed by atoms with Crippen LogP contribution in [0.1, 0.15) is 36.7 Å². The maximum atomic E-state index is 12.2. The van der Waals surface area contributed by atoms with Gasteiger partial charge in [-0.25, -0.2) is 13.1 Å². The lowest BCUT2D eigenvalue weighted by Crippen LogP contribution is -2.40. The molecule has 2 N–H and O–H groups in total. The van der Waals surface area contributed by atoms with E-state index in [-0.39, 0.29) is 10.8 Å². The van der Waals surface area contributed by atoms with E-state index in [2.05, 4.69) is 10.0 Å². The van der Waals surface area contributed by atoms with Gasteiger partial charge in [-0.05, 0) is 50.6 Å². The number of nitrogens with one attached hydrogen (secondary N) is 2. The van der Waals surface area contributed by atoms with Crippen molar-refractivity contribution in [2.75, 3.05) is 0 Å². The van der Waals surface area contributed by atoms with Crippen molar-refractivity contribution in [1.82, 2.24) is 10.0 Å². The Kier molecular flexibility index (Phi) is 5.41. The van der Waals surface area contributed by atoms with E-state index < -0.39 is 15.6 Å². The summed E-state index contributed by atoms with van der Waals surface area (Å²) >= 11 is 0. The Labute approximate surface area is 143 Å². The molecule has 5 nitrogen and oxygen atoms in total. The first-order chi connectivity index (χ1) is 11.2. The first-order valence-corrected chi connectivity index (χ1v) is 9.12. The second kappa shape index (κ2) is 7.15. The molecule has 128 valence electrons. The van der Waals surface area contributed by atoms with Crippen molar-refractivity contribution in [3.63, 3.8) is 0 Å². The number of hydrogen-bond acceptors (Lipinski definition) is 3. The molecule has 0 aliphatic carbocycles. The summed E-state index contributed by atoms with van der Waals surface area (Å²) in [5.41, 5.74) is 0.852. The zero-order valence-corrected chi connectivity index (χ0v) is 14.9. The maximum Gasteiger partial charge on any atom is 0.251 e. The highest BCUT2D eigenvalue weighted by atomic mass is 32.2. The molecule has 0 fully saturated rings. The predicted molar refractivity (Wildman–Crippen MR) is 94.1 cm³/mol. The fraction of sp³-hybridized carbons (Fsp3) is 0.278. The molecular weight excluding hydrogens is 324 g/mol. The first kappa shape index (κ1) is 18.2. The molecule has 0 saturated heterocycles. The van der Waals surface area contributed by atoms with Gasteiger partial charge in [0.1, 0.15) is 0 Å². The van der Waals surface area contributed by atoms with Crippen LogP contribution in [0.2, 0.25) is 0 Å². The van der Waals surface area contributed by atoms with Crippen LogP contribution in [-0.4, -0.2) is 19.9 Å². The van der Waals surface area contributed by atoms with Crippen LogP contribution in [-0.2, 0) is 16.6 Å². The molecule has 0 aliphatic heterocycles. The molecule has 0 aliphatic rings. The van der Waals surface area contributed by atoms with Crippen molar-refractivity contribution in [2.24, 2.45) is 0 Å². The van der Waals surface area contributed by atoms with Crippen molar-refractivity contribution in [2.45, 2.75) is 37.8 Å². The van der Waals surface area contributed by atoms with E-state index in [4.69, 9.17) is 0 Å². The largest absolute Gasteiger partial charge is 0.348 e. The standard InChI is InChI=1S/C18H22N2O3S/c1-18(2,3)20-24(22,23)16-11-9-15(10-12-16)17(21)19-13-14-7-5-4-6-8-14/h4-12,20H,13H2,1-3H3,(H,19,21). The summed E-state index contributed by atoms with van der Waals surface area (Å²) in [7, 11) is -3.60. The Morgan fingerprint density at radius 2 is 1.54 bits per heavy atom. The van der Waals surface area contributed by atoms with Gasteiger partial charge in [0.2, 0.25) is 10.0 Å². The maximum absolute atomic E-state index is 12.2. The second-order valence-corrected chi connectivity index (χ2v) is 8.23. The molecule has 0 atom stereocenters. The lowest BCUT2D eigenvalue weighted by atomic mass is 10.1. The quantitative estimate of drug-likeness (QED) is 0.874. The molecular formula is C18H22N2O3S. The monoisotopic (exact) mass is 346 g/mol. The molecule has 1 amide bonds. The van der Waals surface area contributed by atoms with E-state index in [9.17, 15) is 13.2 Å². The summed E-state index contributed by atoms with van der Waals surface area (Å²) in [6.07, 6.45) is 0. The number of rotatable bonds is 5.